The van der Waals surface area contributed by atoms with Gasteiger partial charge >= 0.3 is 0 Å². The molecule has 2 heterocycles. The maximum Gasteiger partial charge on any atom is 0.160 e. The average Bonchev–Trinajstić information content (AvgIpc) is 3.05. The molecule has 0 fully saturated rings. The zero-order chi connectivity index (χ0) is 26.7. The Morgan fingerprint density at radius 1 is 0.400 bits per heavy atom. The molecule has 0 spiro atoms. The standard InChI is InChI=1S/C37H25N3/c1-2-10-29(11-3-1)37-39-35(24-36(40-37)31-14-6-13-30(23-31)32-15-8-22-38-25-32)28-20-18-27(19-21-28)34-17-7-12-26-9-4-5-16-33(26)34/h1-25H. The molecule has 7 rings (SSSR count). The van der Waals surface area contributed by atoms with E-state index < -0.39 is 0 Å². The topological polar surface area (TPSA) is 38.7 Å². The van der Waals surface area contributed by atoms with Crippen molar-refractivity contribution in [3.05, 3.63) is 152 Å². The third kappa shape index (κ3) is 4.65. The van der Waals surface area contributed by atoms with Gasteiger partial charge in [0.05, 0.1) is 11.4 Å². The minimum absolute atomic E-state index is 0.706. The molecule has 0 aliphatic carbocycles. The highest BCUT2D eigenvalue weighted by Crippen LogP contribution is 2.33. The van der Waals surface area contributed by atoms with Crippen molar-refractivity contribution in [1.29, 1.82) is 0 Å². The van der Waals surface area contributed by atoms with Crippen molar-refractivity contribution in [3.8, 4) is 56.2 Å². The number of nitrogens with zero attached hydrogens (tertiary/aromatic N) is 3. The normalized spacial score (nSPS) is 11.0. The highest BCUT2D eigenvalue weighted by molar-refractivity contribution is 5.96. The van der Waals surface area contributed by atoms with Crippen LogP contribution < -0.4 is 0 Å². The highest BCUT2D eigenvalue weighted by atomic mass is 14.9. The second-order valence-electron chi connectivity index (χ2n) is 9.75. The predicted octanol–water partition coefficient (Wildman–Crippen LogP) is 9.36. The molecule has 0 radical (unpaired) electrons. The molecular weight excluding hydrogens is 486 g/mol. The fourth-order valence-corrected chi connectivity index (χ4v) is 5.15. The van der Waals surface area contributed by atoms with E-state index in [1.54, 1.807) is 6.20 Å². The van der Waals surface area contributed by atoms with Crippen molar-refractivity contribution in [3.63, 3.8) is 0 Å². The quantitative estimate of drug-likeness (QED) is 0.231. The Bertz CT molecular complexity index is 1920. The Morgan fingerprint density at radius 2 is 1.05 bits per heavy atom. The van der Waals surface area contributed by atoms with Crippen molar-refractivity contribution >= 4 is 10.8 Å². The van der Waals surface area contributed by atoms with Crippen LogP contribution in [0.4, 0.5) is 0 Å². The van der Waals surface area contributed by atoms with E-state index in [1.807, 2.05) is 30.5 Å². The van der Waals surface area contributed by atoms with Gasteiger partial charge in [0, 0.05) is 34.6 Å². The third-order valence-electron chi connectivity index (χ3n) is 7.19. The lowest BCUT2D eigenvalue weighted by Gasteiger charge is -2.11. The number of benzene rings is 5. The number of hydrogen-bond donors (Lipinski definition) is 0. The van der Waals surface area contributed by atoms with Gasteiger partial charge in [-0.05, 0) is 45.7 Å². The molecule has 0 saturated carbocycles. The number of fused-ring (bicyclic) bond motifs is 1. The van der Waals surface area contributed by atoms with Crippen molar-refractivity contribution in [2.45, 2.75) is 0 Å². The Hall–Kier alpha value is -5.41. The molecule has 0 N–H and O–H groups in total. The monoisotopic (exact) mass is 511 g/mol. The summed E-state index contributed by atoms with van der Waals surface area (Å²) >= 11 is 0. The van der Waals surface area contributed by atoms with Crippen LogP contribution in [0.25, 0.3) is 66.9 Å². The van der Waals surface area contributed by atoms with Crippen LogP contribution in [-0.2, 0) is 0 Å². The predicted molar refractivity (Wildman–Crippen MR) is 165 cm³/mol. The van der Waals surface area contributed by atoms with Gasteiger partial charge in [0.15, 0.2) is 5.82 Å². The lowest BCUT2D eigenvalue weighted by atomic mass is 9.97. The van der Waals surface area contributed by atoms with E-state index >= 15 is 0 Å². The van der Waals surface area contributed by atoms with Crippen LogP contribution >= 0.6 is 0 Å². The Kier molecular flexibility index (Phi) is 6.15. The second kappa shape index (κ2) is 10.4. The van der Waals surface area contributed by atoms with Crippen LogP contribution in [0.5, 0.6) is 0 Å². The summed E-state index contributed by atoms with van der Waals surface area (Å²) < 4.78 is 0. The van der Waals surface area contributed by atoms with Crippen molar-refractivity contribution in [2.75, 3.05) is 0 Å². The van der Waals surface area contributed by atoms with E-state index in [0.29, 0.717) is 5.82 Å². The summed E-state index contributed by atoms with van der Waals surface area (Å²) in [7, 11) is 0. The van der Waals surface area contributed by atoms with Crippen molar-refractivity contribution in [2.24, 2.45) is 0 Å². The molecule has 0 aliphatic rings. The first-order valence-electron chi connectivity index (χ1n) is 13.4. The van der Waals surface area contributed by atoms with E-state index in [1.165, 1.54) is 21.9 Å². The fraction of sp³-hybridized carbons (Fsp3) is 0. The van der Waals surface area contributed by atoms with E-state index in [9.17, 15) is 0 Å². The molecule has 0 amide bonds. The molecule has 3 heteroatoms. The minimum Gasteiger partial charge on any atom is -0.264 e. The number of rotatable bonds is 5. The molecule has 0 unspecified atom stereocenters. The zero-order valence-electron chi connectivity index (χ0n) is 21.8. The van der Waals surface area contributed by atoms with Gasteiger partial charge in [-0.1, -0.05) is 121 Å². The summed E-state index contributed by atoms with van der Waals surface area (Å²) in [5, 5.41) is 2.49. The van der Waals surface area contributed by atoms with Crippen LogP contribution in [0, 0.1) is 0 Å². The summed E-state index contributed by atoms with van der Waals surface area (Å²) in [5.74, 6) is 0.706. The highest BCUT2D eigenvalue weighted by Gasteiger charge is 2.12. The molecule has 7 aromatic rings. The first-order valence-corrected chi connectivity index (χ1v) is 13.4. The number of aromatic nitrogens is 3. The van der Waals surface area contributed by atoms with Crippen LogP contribution in [0.2, 0.25) is 0 Å². The molecule has 2 aromatic heterocycles. The SMILES string of the molecule is c1ccc(-c2nc(-c3ccc(-c4cccc5ccccc45)cc3)cc(-c3cccc(-c4cccnc4)c3)n2)cc1. The average molecular weight is 512 g/mol. The van der Waals surface area contributed by atoms with Gasteiger partial charge in [0.2, 0.25) is 0 Å². The minimum atomic E-state index is 0.706. The molecule has 40 heavy (non-hydrogen) atoms. The van der Waals surface area contributed by atoms with Gasteiger partial charge in [-0.3, -0.25) is 4.98 Å². The lowest BCUT2D eigenvalue weighted by molar-refractivity contribution is 1.18. The van der Waals surface area contributed by atoms with Gasteiger partial charge in [-0.15, -0.1) is 0 Å². The van der Waals surface area contributed by atoms with Crippen LogP contribution in [0.15, 0.2) is 152 Å². The van der Waals surface area contributed by atoms with Crippen LogP contribution in [-0.4, -0.2) is 15.0 Å². The Balaban J connectivity index is 1.33. The second-order valence-corrected chi connectivity index (χ2v) is 9.75. The molecule has 0 atom stereocenters. The van der Waals surface area contributed by atoms with Gasteiger partial charge in [-0.2, -0.15) is 0 Å². The first-order chi connectivity index (χ1) is 19.8. The molecule has 188 valence electrons. The van der Waals surface area contributed by atoms with E-state index in [2.05, 4.69) is 120 Å². The largest absolute Gasteiger partial charge is 0.264 e. The lowest BCUT2D eigenvalue weighted by Crippen LogP contribution is -1.96. The number of pyridine rings is 1. The first kappa shape index (κ1) is 23.7. The summed E-state index contributed by atoms with van der Waals surface area (Å²) in [6.45, 7) is 0. The summed E-state index contributed by atoms with van der Waals surface area (Å²) in [6.07, 6.45) is 3.68. The van der Waals surface area contributed by atoms with Gasteiger partial charge in [0.1, 0.15) is 0 Å². The van der Waals surface area contributed by atoms with Crippen LogP contribution in [0.1, 0.15) is 0 Å². The third-order valence-corrected chi connectivity index (χ3v) is 7.19. The van der Waals surface area contributed by atoms with Gasteiger partial charge in [0.25, 0.3) is 0 Å². The van der Waals surface area contributed by atoms with Gasteiger partial charge < -0.3 is 0 Å². The summed E-state index contributed by atoms with van der Waals surface area (Å²) in [4.78, 5) is 14.3. The summed E-state index contributed by atoms with van der Waals surface area (Å²) in [5.41, 5.74) is 9.43. The maximum atomic E-state index is 5.01. The summed E-state index contributed by atoms with van der Waals surface area (Å²) in [6, 6.07) is 48.4. The molecule has 0 aliphatic heterocycles. The number of hydrogen-bond acceptors (Lipinski definition) is 3. The zero-order valence-corrected chi connectivity index (χ0v) is 21.8. The maximum absolute atomic E-state index is 5.01. The molecule has 0 bridgehead atoms. The Labute approximate surface area is 233 Å². The molecular formula is C37H25N3. The molecule has 3 nitrogen and oxygen atoms in total. The van der Waals surface area contributed by atoms with Crippen molar-refractivity contribution in [1.82, 2.24) is 15.0 Å². The van der Waals surface area contributed by atoms with E-state index in [4.69, 9.17) is 9.97 Å². The van der Waals surface area contributed by atoms with E-state index in [0.717, 1.165) is 39.2 Å². The fourth-order valence-electron chi connectivity index (χ4n) is 5.15. The molecule has 0 saturated heterocycles. The van der Waals surface area contributed by atoms with E-state index in [-0.39, 0.29) is 0 Å². The van der Waals surface area contributed by atoms with Gasteiger partial charge in [-0.25, -0.2) is 9.97 Å². The smallest absolute Gasteiger partial charge is 0.160 e. The van der Waals surface area contributed by atoms with Crippen LogP contribution in [0.3, 0.4) is 0 Å². The molecule has 5 aromatic carbocycles. The van der Waals surface area contributed by atoms with Crippen molar-refractivity contribution < 1.29 is 0 Å². The Morgan fingerprint density at radius 3 is 1.88 bits per heavy atom.